The lowest BCUT2D eigenvalue weighted by Crippen LogP contribution is -2.51. The van der Waals surface area contributed by atoms with Crippen molar-refractivity contribution in [1.29, 1.82) is 0 Å². The summed E-state index contributed by atoms with van der Waals surface area (Å²) in [5, 5.41) is 9.68. The van der Waals surface area contributed by atoms with Crippen LogP contribution in [0.25, 0.3) is 22.0 Å². The number of aromatic amines is 1. The Balaban J connectivity index is 0.886. The highest BCUT2D eigenvalue weighted by Crippen LogP contribution is 2.34. The summed E-state index contributed by atoms with van der Waals surface area (Å²) >= 11 is 0. The highest BCUT2D eigenvalue weighted by Gasteiger charge is 2.29. The molecule has 0 aliphatic carbocycles. The van der Waals surface area contributed by atoms with E-state index < -0.39 is 17.8 Å². The van der Waals surface area contributed by atoms with Gasteiger partial charge in [0.25, 0.3) is 11.5 Å². The number of fused-ring (bicyclic) bond motifs is 1. The van der Waals surface area contributed by atoms with Gasteiger partial charge < -0.3 is 18.9 Å². The third-order valence-corrected chi connectivity index (χ3v) is 10.3. The standard InChI is InChI=1S/C37H42FN7O6/c1-42-20-28(27-19-39-41-35(27)37(42)49)25-17-30(38)29(32(18-25)50-2)21-44-13-15-45(16-14-44)34(47)22-43-11-9-24(10-12-43)23-3-5-26(6-4-23)51-31-7-8-33(46)40-36(31)48/h3-6,17-20,24,31H,7-16,21-22H2,1-2H3,(H,39,41)(H,40,46,48). The first kappa shape index (κ1) is 34.4. The lowest BCUT2D eigenvalue weighted by Gasteiger charge is -2.37. The van der Waals surface area contributed by atoms with Crippen molar-refractivity contribution in [3.05, 3.63) is 76.1 Å². The fourth-order valence-electron chi connectivity index (χ4n) is 7.35. The van der Waals surface area contributed by atoms with Gasteiger partial charge in [0, 0.05) is 75.3 Å². The number of pyridine rings is 1. The molecule has 5 heterocycles. The molecule has 3 fully saturated rings. The molecule has 3 aliphatic heterocycles. The normalized spacial score (nSPS) is 19.4. The summed E-state index contributed by atoms with van der Waals surface area (Å²) in [6.45, 7) is 4.77. The maximum absolute atomic E-state index is 15.7. The van der Waals surface area contributed by atoms with Crippen LogP contribution in [-0.4, -0.2) is 106 Å². The van der Waals surface area contributed by atoms with E-state index in [9.17, 15) is 19.2 Å². The van der Waals surface area contributed by atoms with Crippen LogP contribution >= 0.6 is 0 Å². The first-order chi connectivity index (χ1) is 24.7. The Hall–Kier alpha value is -5.08. The molecule has 2 aromatic carbocycles. The summed E-state index contributed by atoms with van der Waals surface area (Å²) in [6, 6.07) is 11.1. The molecule has 1 unspecified atom stereocenters. The van der Waals surface area contributed by atoms with E-state index in [4.69, 9.17) is 9.47 Å². The lowest BCUT2D eigenvalue weighted by molar-refractivity contribution is -0.139. The lowest BCUT2D eigenvalue weighted by atomic mass is 9.89. The summed E-state index contributed by atoms with van der Waals surface area (Å²) in [5.41, 5.74) is 3.07. The van der Waals surface area contributed by atoms with E-state index in [1.807, 2.05) is 29.2 Å². The van der Waals surface area contributed by atoms with Gasteiger partial charge in [-0.15, -0.1) is 0 Å². The number of nitrogens with one attached hydrogen (secondary N) is 2. The summed E-state index contributed by atoms with van der Waals surface area (Å²) in [4.78, 5) is 55.4. The van der Waals surface area contributed by atoms with Gasteiger partial charge in [0.15, 0.2) is 6.10 Å². The number of rotatable bonds is 9. The molecule has 14 heteroatoms. The highest BCUT2D eigenvalue weighted by atomic mass is 19.1. The molecule has 4 aromatic rings. The molecule has 1 atom stereocenters. The van der Waals surface area contributed by atoms with E-state index in [0.717, 1.165) is 25.9 Å². The molecule has 51 heavy (non-hydrogen) atoms. The molecule has 2 N–H and O–H groups in total. The van der Waals surface area contributed by atoms with E-state index in [1.54, 1.807) is 25.5 Å². The molecule has 2 aromatic heterocycles. The zero-order chi connectivity index (χ0) is 35.6. The van der Waals surface area contributed by atoms with Crippen LogP contribution < -0.4 is 20.3 Å². The number of hydrogen-bond donors (Lipinski definition) is 2. The zero-order valence-corrected chi connectivity index (χ0v) is 28.8. The summed E-state index contributed by atoms with van der Waals surface area (Å²) in [6.07, 6.45) is 5.12. The summed E-state index contributed by atoms with van der Waals surface area (Å²) in [5.74, 6) is 0.463. The number of carbonyl (C=O) groups excluding carboxylic acids is 3. The first-order valence-electron chi connectivity index (χ1n) is 17.4. The van der Waals surface area contributed by atoms with Gasteiger partial charge in [-0.3, -0.25) is 39.4 Å². The molecule has 3 aliphatic rings. The number of imide groups is 1. The van der Waals surface area contributed by atoms with Crippen LogP contribution in [0, 0.1) is 5.82 Å². The maximum atomic E-state index is 15.7. The van der Waals surface area contributed by atoms with Gasteiger partial charge >= 0.3 is 0 Å². The minimum atomic E-state index is -0.656. The number of hydrogen-bond acceptors (Lipinski definition) is 9. The molecule has 3 saturated heterocycles. The van der Waals surface area contributed by atoms with Gasteiger partial charge in [-0.05, 0) is 67.2 Å². The molecule has 3 amide bonds. The number of H-pyrrole nitrogens is 1. The van der Waals surface area contributed by atoms with E-state index in [2.05, 4.69) is 25.3 Å². The van der Waals surface area contributed by atoms with Crippen LogP contribution in [0.15, 0.2) is 53.6 Å². The second kappa shape index (κ2) is 14.6. The predicted molar refractivity (Wildman–Crippen MR) is 187 cm³/mol. The van der Waals surface area contributed by atoms with Crippen molar-refractivity contribution in [2.45, 2.75) is 44.2 Å². The van der Waals surface area contributed by atoms with Crippen LogP contribution in [0.2, 0.25) is 0 Å². The Labute approximate surface area is 294 Å². The fraction of sp³-hybridized carbons (Fsp3) is 0.432. The maximum Gasteiger partial charge on any atom is 0.276 e. The molecule has 0 spiro atoms. The Bertz CT molecular complexity index is 1990. The molecule has 0 radical (unpaired) electrons. The topological polar surface area (TPSA) is 142 Å². The molecule has 268 valence electrons. The van der Waals surface area contributed by atoms with Gasteiger partial charge in [-0.2, -0.15) is 5.10 Å². The van der Waals surface area contributed by atoms with E-state index in [0.29, 0.717) is 90.7 Å². The number of piperidine rings is 2. The number of amides is 3. The number of likely N-dealkylation sites (tertiary alicyclic amines) is 1. The number of aromatic nitrogens is 3. The van der Waals surface area contributed by atoms with Gasteiger partial charge in [0.1, 0.15) is 22.8 Å². The number of halogens is 1. The van der Waals surface area contributed by atoms with Crippen molar-refractivity contribution in [2.24, 2.45) is 7.05 Å². The van der Waals surface area contributed by atoms with Crippen LogP contribution in [0.3, 0.4) is 0 Å². The van der Waals surface area contributed by atoms with E-state index in [-0.39, 0.29) is 23.8 Å². The van der Waals surface area contributed by atoms with Crippen molar-refractivity contribution < 1.29 is 28.2 Å². The van der Waals surface area contributed by atoms with Crippen molar-refractivity contribution in [3.8, 4) is 22.6 Å². The summed E-state index contributed by atoms with van der Waals surface area (Å²) < 4.78 is 28.6. The van der Waals surface area contributed by atoms with Crippen molar-refractivity contribution in [1.82, 2.24) is 34.8 Å². The van der Waals surface area contributed by atoms with Crippen LogP contribution in [-0.2, 0) is 28.0 Å². The molecule has 13 nitrogen and oxygen atoms in total. The molecular weight excluding hydrogens is 657 g/mol. The third kappa shape index (κ3) is 7.38. The second-order valence-electron chi connectivity index (χ2n) is 13.6. The average molecular weight is 700 g/mol. The quantitative estimate of drug-likeness (QED) is 0.252. The van der Waals surface area contributed by atoms with Gasteiger partial charge in [0.2, 0.25) is 11.8 Å². The number of carbonyl (C=O) groups is 3. The number of piperazine rings is 1. The van der Waals surface area contributed by atoms with Gasteiger partial charge in [0.05, 0.1) is 19.9 Å². The SMILES string of the molecule is COc1cc(-c2cn(C)c(=O)c3[nH]ncc23)cc(F)c1CN1CCN(C(=O)CN2CCC(c3ccc(OC4CCC(=O)NC4=O)cc3)CC2)CC1. The smallest absolute Gasteiger partial charge is 0.276 e. The predicted octanol–water partition coefficient (Wildman–Crippen LogP) is 2.78. The molecule has 0 bridgehead atoms. The van der Waals surface area contributed by atoms with Crippen molar-refractivity contribution in [3.63, 3.8) is 0 Å². The Morgan fingerprint density at radius 1 is 0.980 bits per heavy atom. The van der Waals surface area contributed by atoms with Crippen molar-refractivity contribution in [2.75, 3.05) is 52.9 Å². The summed E-state index contributed by atoms with van der Waals surface area (Å²) in [7, 11) is 3.17. The number of nitrogens with zero attached hydrogens (tertiary/aromatic N) is 5. The fourth-order valence-corrected chi connectivity index (χ4v) is 7.35. The number of aryl methyl sites for hydroxylation is 1. The minimum absolute atomic E-state index is 0.110. The van der Waals surface area contributed by atoms with E-state index in [1.165, 1.54) is 23.3 Å². The number of methoxy groups -OCH3 is 1. The Morgan fingerprint density at radius 2 is 1.73 bits per heavy atom. The van der Waals surface area contributed by atoms with Crippen molar-refractivity contribution >= 4 is 28.6 Å². The third-order valence-electron chi connectivity index (χ3n) is 10.3. The molecule has 0 saturated carbocycles. The number of benzene rings is 2. The highest BCUT2D eigenvalue weighted by molar-refractivity contribution is 6.00. The first-order valence-corrected chi connectivity index (χ1v) is 17.4. The average Bonchev–Trinajstić information content (AvgIpc) is 3.63. The molecular formula is C37H42FN7O6. The van der Waals surface area contributed by atoms with Gasteiger partial charge in [-0.1, -0.05) is 12.1 Å². The second-order valence-corrected chi connectivity index (χ2v) is 13.6. The van der Waals surface area contributed by atoms with Crippen LogP contribution in [0.1, 0.15) is 42.7 Å². The Kier molecular flexibility index (Phi) is 9.87. The van der Waals surface area contributed by atoms with Gasteiger partial charge in [-0.25, -0.2) is 4.39 Å². The largest absolute Gasteiger partial charge is 0.496 e. The number of ether oxygens (including phenoxy) is 2. The monoisotopic (exact) mass is 699 g/mol. The minimum Gasteiger partial charge on any atom is -0.496 e. The van der Waals surface area contributed by atoms with Crippen LogP contribution in [0.5, 0.6) is 11.5 Å². The zero-order valence-electron chi connectivity index (χ0n) is 28.8. The van der Waals surface area contributed by atoms with E-state index >= 15 is 4.39 Å². The molecule has 7 rings (SSSR count). The van der Waals surface area contributed by atoms with Crippen LogP contribution in [0.4, 0.5) is 4.39 Å². The Morgan fingerprint density at radius 3 is 2.43 bits per heavy atom.